The molecule has 19 heavy (non-hydrogen) atoms. The van der Waals surface area contributed by atoms with Crippen LogP contribution in [0.5, 0.6) is 0 Å². The van der Waals surface area contributed by atoms with Gasteiger partial charge < -0.3 is 11.1 Å². The first-order chi connectivity index (χ1) is 9.15. The molecule has 0 spiro atoms. The normalized spacial score (nSPS) is 13.3. The van der Waals surface area contributed by atoms with Gasteiger partial charge in [-0.15, -0.1) is 11.3 Å². The predicted octanol–water partition coefficient (Wildman–Crippen LogP) is 3.38. The van der Waals surface area contributed by atoms with E-state index >= 15 is 0 Å². The monoisotopic (exact) mass is 272 g/mol. The summed E-state index contributed by atoms with van der Waals surface area (Å²) in [5.74, 6) is -0.0552. The molecular weight excluding hydrogens is 256 g/mol. The van der Waals surface area contributed by atoms with E-state index in [-0.39, 0.29) is 5.91 Å². The Hall–Kier alpha value is -1.81. The first-order valence-corrected chi connectivity index (χ1v) is 7.25. The number of carbonyl (C=O) groups is 1. The summed E-state index contributed by atoms with van der Waals surface area (Å²) in [6.45, 7) is 1.94. The molecule has 0 aliphatic heterocycles. The maximum Gasteiger partial charge on any atom is 0.265 e. The van der Waals surface area contributed by atoms with Crippen LogP contribution in [0.15, 0.2) is 24.3 Å². The largest absolute Gasteiger partial charge is 0.397 e. The molecule has 1 aromatic heterocycles. The summed E-state index contributed by atoms with van der Waals surface area (Å²) in [5.41, 5.74) is 9.57. The standard InChI is InChI=1S/C15H16N2OS/c1-9-4-2-6-11(16)14(9)17-15(18)13-8-10-5-3-7-12(10)19-13/h2,4,6,8H,3,5,7,16H2,1H3,(H,17,18). The van der Waals surface area contributed by atoms with E-state index in [9.17, 15) is 4.79 Å². The quantitative estimate of drug-likeness (QED) is 0.823. The minimum atomic E-state index is -0.0552. The van der Waals surface area contributed by atoms with E-state index in [1.165, 1.54) is 16.9 Å². The molecule has 0 saturated heterocycles. The van der Waals surface area contributed by atoms with Gasteiger partial charge in [-0.1, -0.05) is 12.1 Å². The van der Waals surface area contributed by atoms with Crippen molar-refractivity contribution in [2.75, 3.05) is 11.1 Å². The van der Waals surface area contributed by atoms with Crippen molar-refractivity contribution >= 4 is 28.6 Å². The number of nitrogen functional groups attached to an aromatic ring is 1. The second-order valence-corrected chi connectivity index (χ2v) is 6.04. The van der Waals surface area contributed by atoms with Crippen LogP contribution in [0.25, 0.3) is 0 Å². The summed E-state index contributed by atoms with van der Waals surface area (Å²) >= 11 is 1.61. The molecule has 1 heterocycles. The third-order valence-corrected chi connectivity index (χ3v) is 4.75. The van der Waals surface area contributed by atoms with E-state index in [1.807, 2.05) is 25.1 Å². The highest BCUT2D eigenvalue weighted by Crippen LogP contribution is 2.31. The highest BCUT2D eigenvalue weighted by molar-refractivity contribution is 7.14. The topological polar surface area (TPSA) is 55.1 Å². The molecule has 2 aromatic rings. The smallest absolute Gasteiger partial charge is 0.265 e. The molecule has 3 N–H and O–H groups in total. The molecule has 1 aliphatic carbocycles. The van der Waals surface area contributed by atoms with Crippen LogP contribution < -0.4 is 11.1 Å². The number of nitrogens with one attached hydrogen (secondary N) is 1. The van der Waals surface area contributed by atoms with Crippen molar-refractivity contribution in [2.24, 2.45) is 0 Å². The second kappa shape index (κ2) is 4.70. The van der Waals surface area contributed by atoms with Gasteiger partial charge in [-0.05, 0) is 49.4 Å². The van der Waals surface area contributed by atoms with Crippen molar-refractivity contribution in [2.45, 2.75) is 26.2 Å². The fraction of sp³-hybridized carbons (Fsp3) is 0.267. The number of thiophene rings is 1. The zero-order chi connectivity index (χ0) is 13.4. The lowest BCUT2D eigenvalue weighted by Crippen LogP contribution is -2.12. The predicted molar refractivity (Wildman–Crippen MR) is 79.9 cm³/mol. The van der Waals surface area contributed by atoms with Crippen molar-refractivity contribution in [3.8, 4) is 0 Å². The molecular formula is C15H16N2OS. The lowest BCUT2D eigenvalue weighted by Gasteiger charge is -2.10. The maximum absolute atomic E-state index is 12.3. The van der Waals surface area contributed by atoms with Crippen LogP contribution in [0.3, 0.4) is 0 Å². The number of carbonyl (C=O) groups excluding carboxylic acids is 1. The Morgan fingerprint density at radius 3 is 2.95 bits per heavy atom. The van der Waals surface area contributed by atoms with Crippen molar-refractivity contribution < 1.29 is 4.79 Å². The van der Waals surface area contributed by atoms with Crippen molar-refractivity contribution in [3.63, 3.8) is 0 Å². The minimum Gasteiger partial charge on any atom is -0.397 e. The Balaban J connectivity index is 1.85. The molecule has 0 bridgehead atoms. The van der Waals surface area contributed by atoms with Gasteiger partial charge in [0.05, 0.1) is 16.3 Å². The van der Waals surface area contributed by atoms with Gasteiger partial charge in [0.25, 0.3) is 5.91 Å². The highest BCUT2D eigenvalue weighted by atomic mass is 32.1. The summed E-state index contributed by atoms with van der Waals surface area (Å²) in [7, 11) is 0. The molecule has 1 aliphatic rings. The van der Waals surface area contributed by atoms with Gasteiger partial charge >= 0.3 is 0 Å². The Bertz CT molecular complexity index is 604. The lowest BCUT2D eigenvalue weighted by molar-refractivity contribution is 0.103. The molecule has 0 radical (unpaired) electrons. The Morgan fingerprint density at radius 2 is 2.21 bits per heavy atom. The van der Waals surface area contributed by atoms with E-state index < -0.39 is 0 Å². The average molecular weight is 272 g/mol. The molecule has 0 atom stereocenters. The first kappa shape index (κ1) is 12.2. The minimum absolute atomic E-state index is 0.0552. The van der Waals surface area contributed by atoms with Gasteiger partial charge in [0.15, 0.2) is 0 Å². The molecule has 1 amide bonds. The van der Waals surface area contributed by atoms with E-state index in [4.69, 9.17) is 5.73 Å². The summed E-state index contributed by atoms with van der Waals surface area (Å²) in [6.07, 6.45) is 3.43. The number of anilines is 2. The Kier molecular flexibility index (Phi) is 3.03. The van der Waals surface area contributed by atoms with Crippen molar-refractivity contribution in [1.82, 2.24) is 0 Å². The molecule has 0 unspecified atom stereocenters. The zero-order valence-corrected chi connectivity index (χ0v) is 11.6. The molecule has 0 saturated carbocycles. The van der Waals surface area contributed by atoms with Crippen LogP contribution in [0.2, 0.25) is 0 Å². The molecule has 4 heteroatoms. The summed E-state index contributed by atoms with van der Waals surface area (Å²) in [4.78, 5) is 14.4. The number of amides is 1. The van der Waals surface area contributed by atoms with Crippen LogP contribution >= 0.6 is 11.3 Å². The average Bonchev–Trinajstić information content (AvgIpc) is 2.94. The van der Waals surface area contributed by atoms with Crippen LogP contribution in [-0.2, 0) is 12.8 Å². The number of nitrogens with two attached hydrogens (primary N) is 1. The molecule has 3 rings (SSSR count). The summed E-state index contributed by atoms with van der Waals surface area (Å²) in [6, 6.07) is 7.66. The van der Waals surface area contributed by atoms with Gasteiger partial charge in [0, 0.05) is 4.88 Å². The van der Waals surface area contributed by atoms with Crippen LogP contribution in [0, 0.1) is 6.92 Å². The number of hydrogen-bond donors (Lipinski definition) is 2. The zero-order valence-electron chi connectivity index (χ0n) is 10.8. The van der Waals surface area contributed by atoms with Crippen LogP contribution in [0.4, 0.5) is 11.4 Å². The molecule has 98 valence electrons. The Labute approximate surface area is 116 Å². The van der Waals surface area contributed by atoms with Crippen molar-refractivity contribution in [3.05, 3.63) is 45.1 Å². The van der Waals surface area contributed by atoms with E-state index in [0.717, 1.165) is 29.0 Å². The highest BCUT2D eigenvalue weighted by Gasteiger charge is 2.19. The number of rotatable bonds is 2. The van der Waals surface area contributed by atoms with E-state index in [0.29, 0.717) is 5.69 Å². The Morgan fingerprint density at radius 1 is 1.37 bits per heavy atom. The fourth-order valence-corrected chi connectivity index (χ4v) is 3.63. The maximum atomic E-state index is 12.3. The summed E-state index contributed by atoms with van der Waals surface area (Å²) in [5, 5.41) is 2.93. The summed E-state index contributed by atoms with van der Waals surface area (Å²) < 4.78 is 0. The molecule has 0 fully saturated rings. The van der Waals surface area contributed by atoms with Crippen LogP contribution in [-0.4, -0.2) is 5.91 Å². The van der Waals surface area contributed by atoms with Crippen molar-refractivity contribution in [1.29, 1.82) is 0 Å². The van der Waals surface area contributed by atoms with E-state index in [2.05, 4.69) is 5.32 Å². The molecule has 3 nitrogen and oxygen atoms in total. The van der Waals surface area contributed by atoms with Gasteiger partial charge in [-0.25, -0.2) is 0 Å². The molecule has 1 aromatic carbocycles. The third-order valence-electron chi connectivity index (χ3n) is 3.51. The first-order valence-electron chi connectivity index (χ1n) is 6.43. The number of aryl methyl sites for hydroxylation is 3. The van der Waals surface area contributed by atoms with Gasteiger partial charge in [-0.3, -0.25) is 4.79 Å². The number of fused-ring (bicyclic) bond motifs is 1. The lowest BCUT2D eigenvalue weighted by atomic mass is 10.1. The SMILES string of the molecule is Cc1cccc(N)c1NC(=O)c1cc2c(s1)CCC2. The third kappa shape index (κ3) is 2.24. The van der Waals surface area contributed by atoms with Gasteiger partial charge in [-0.2, -0.15) is 0 Å². The fourth-order valence-electron chi connectivity index (χ4n) is 2.48. The van der Waals surface area contributed by atoms with Crippen LogP contribution in [0.1, 0.15) is 32.1 Å². The van der Waals surface area contributed by atoms with Gasteiger partial charge in [0.2, 0.25) is 0 Å². The van der Waals surface area contributed by atoms with Gasteiger partial charge in [0.1, 0.15) is 0 Å². The van der Waals surface area contributed by atoms with E-state index in [1.54, 1.807) is 17.4 Å². The number of para-hydroxylation sites is 1. The number of hydrogen-bond acceptors (Lipinski definition) is 3. The second-order valence-electron chi connectivity index (χ2n) is 4.91. The number of benzene rings is 1.